The van der Waals surface area contributed by atoms with Gasteiger partial charge in [-0.25, -0.2) is 0 Å². The number of hydrogen-bond donors (Lipinski definition) is 0. The van der Waals surface area contributed by atoms with Gasteiger partial charge in [0.25, 0.3) is 0 Å². The van der Waals surface area contributed by atoms with Crippen molar-refractivity contribution in [2.45, 2.75) is 100 Å². The van der Waals surface area contributed by atoms with Crippen LogP contribution in [0.1, 0.15) is 100 Å². The summed E-state index contributed by atoms with van der Waals surface area (Å²) in [5.41, 5.74) is 8.02. The monoisotopic (exact) mass is 422 g/mol. The van der Waals surface area contributed by atoms with Gasteiger partial charge in [-0.2, -0.15) is 0 Å². The first kappa shape index (κ1) is 26.8. The van der Waals surface area contributed by atoms with E-state index < -0.39 is 0 Å². The molecule has 0 saturated carbocycles. The summed E-state index contributed by atoms with van der Waals surface area (Å²) >= 11 is 0. The van der Waals surface area contributed by atoms with Crippen LogP contribution in [0.5, 0.6) is 0 Å². The third-order valence-electron chi connectivity index (χ3n) is 6.12. The van der Waals surface area contributed by atoms with Gasteiger partial charge in [-0.15, -0.1) is 0 Å². The molecule has 0 radical (unpaired) electrons. The molecule has 0 bridgehead atoms. The van der Waals surface area contributed by atoms with Crippen LogP contribution in [0.4, 0.5) is 0 Å². The second kappa shape index (κ2) is 13.2. The van der Waals surface area contributed by atoms with Gasteiger partial charge in [-0.05, 0) is 100 Å². The van der Waals surface area contributed by atoms with Crippen molar-refractivity contribution in [1.29, 1.82) is 0 Å². The number of allylic oxidation sites excluding steroid dienone is 12. The summed E-state index contributed by atoms with van der Waals surface area (Å²) in [5.74, 6) is 0.0385. The van der Waals surface area contributed by atoms with Gasteiger partial charge in [0.15, 0.2) is 11.6 Å². The molecule has 0 aromatic rings. The average Bonchev–Trinajstić information content (AvgIpc) is 2.70. The molecule has 1 aliphatic rings. The Hall–Kier alpha value is -2.22. The molecule has 1 aliphatic carbocycles. The van der Waals surface area contributed by atoms with Crippen molar-refractivity contribution in [3.63, 3.8) is 0 Å². The summed E-state index contributed by atoms with van der Waals surface area (Å²) in [6.07, 6.45) is 16.2. The van der Waals surface area contributed by atoms with Gasteiger partial charge in [0, 0.05) is 22.3 Å². The van der Waals surface area contributed by atoms with Crippen molar-refractivity contribution in [2.75, 3.05) is 0 Å². The van der Waals surface area contributed by atoms with Gasteiger partial charge >= 0.3 is 0 Å². The SMILES string of the molecule is CC(C)=CCCC(C)=CCCC(C)=CCCC(C)=CCC1=C(C)C(=O)C(C)=C(C)C1=O. The smallest absolute Gasteiger partial charge is 0.185 e. The molecule has 0 amide bonds. The molecule has 170 valence electrons. The molecular weight excluding hydrogens is 380 g/mol. The summed E-state index contributed by atoms with van der Waals surface area (Å²) in [7, 11) is 0. The van der Waals surface area contributed by atoms with E-state index in [4.69, 9.17) is 0 Å². The highest BCUT2D eigenvalue weighted by atomic mass is 16.1. The Kier molecular flexibility index (Phi) is 11.5. The Morgan fingerprint density at radius 2 is 1.00 bits per heavy atom. The summed E-state index contributed by atoms with van der Waals surface area (Å²) in [6.45, 7) is 16.1. The van der Waals surface area contributed by atoms with Crippen LogP contribution in [0, 0.1) is 0 Å². The zero-order valence-electron chi connectivity index (χ0n) is 21.1. The summed E-state index contributed by atoms with van der Waals surface area (Å²) < 4.78 is 0. The first-order chi connectivity index (χ1) is 14.5. The van der Waals surface area contributed by atoms with E-state index in [0.29, 0.717) is 28.7 Å². The number of hydrogen-bond acceptors (Lipinski definition) is 2. The Morgan fingerprint density at radius 3 is 1.48 bits per heavy atom. The molecule has 2 nitrogen and oxygen atoms in total. The topological polar surface area (TPSA) is 34.1 Å². The second-order valence-electron chi connectivity index (χ2n) is 9.26. The van der Waals surface area contributed by atoms with Gasteiger partial charge in [0.2, 0.25) is 0 Å². The van der Waals surface area contributed by atoms with Crippen molar-refractivity contribution < 1.29 is 9.59 Å². The maximum atomic E-state index is 12.5. The molecule has 0 aliphatic heterocycles. The second-order valence-corrected chi connectivity index (χ2v) is 9.26. The van der Waals surface area contributed by atoms with Crippen LogP contribution in [-0.2, 0) is 9.59 Å². The number of rotatable bonds is 11. The van der Waals surface area contributed by atoms with Crippen LogP contribution in [0.2, 0.25) is 0 Å². The van der Waals surface area contributed by atoms with Gasteiger partial charge in [0.1, 0.15) is 0 Å². The van der Waals surface area contributed by atoms with Crippen molar-refractivity contribution in [3.8, 4) is 0 Å². The molecule has 0 spiro atoms. The predicted octanol–water partition coefficient (Wildman–Crippen LogP) is 8.33. The zero-order chi connectivity index (χ0) is 23.6. The van der Waals surface area contributed by atoms with E-state index in [-0.39, 0.29) is 11.6 Å². The summed E-state index contributed by atoms with van der Waals surface area (Å²) in [4.78, 5) is 24.8. The molecule has 0 unspecified atom stereocenters. The maximum Gasteiger partial charge on any atom is 0.185 e. The molecule has 31 heavy (non-hydrogen) atoms. The van der Waals surface area contributed by atoms with E-state index in [1.807, 2.05) is 0 Å². The van der Waals surface area contributed by atoms with E-state index in [2.05, 4.69) is 58.9 Å². The van der Waals surface area contributed by atoms with Crippen LogP contribution >= 0.6 is 0 Å². The molecule has 0 atom stereocenters. The van der Waals surface area contributed by atoms with Crippen molar-refractivity contribution in [2.24, 2.45) is 0 Å². The minimum atomic E-state index is 0.0120. The minimum absolute atomic E-state index is 0.0120. The fourth-order valence-electron chi connectivity index (χ4n) is 3.66. The Morgan fingerprint density at radius 1 is 0.581 bits per heavy atom. The molecule has 0 fully saturated rings. The van der Waals surface area contributed by atoms with Gasteiger partial charge in [0.05, 0.1) is 0 Å². The van der Waals surface area contributed by atoms with E-state index in [1.54, 1.807) is 20.8 Å². The third-order valence-corrected chi connectivity index (χ3v) is 6.12. The first-order valence-corrected chi connectivity index (χ1v) is 11.6. The lowest BCUT2D eigenvalue weighted by Gasteiger charge is -2.17. The standard InChI is InChI=1S/C29H42O2/c1-20(2)12-9-13-21(3)14-10-15-22(4)16-11-17-23(5)18-19-27-26(8)28(30)24(6)25(7)29(27)31/h12,14,16,18H,9-11,13,15,17,19H2,1-8H3. The molecule has 1 rings (SSSR count). The van der Waals surface area contributed by atoms with E-state index >= 15 is 0 Å². The molecule has 2 heteroatoms. The van der Waals surface area contributed by atoms with Gasteiger partial charge < -0.3 is 0 Å². The highest BCUT2D eigenvalue weighted by Crippen LogP contribution is 2.27. The van der Waals surface area contributed by atoms with E-state index in [0.717, 1.165) is 38.5 Å². The van der Waals surface area contributed by atoms with E-state index in [1.165, 1.54) is 22.3 Å². The third kappa shape index (κ3) is 9.21. The van der Waals surface area contributed by atoms with Crippen molar-refractivity contribution in [1.82, 2.24) is 0 Å². The zero-order valence-corrected chi connectivity index (χ0v) is 21.1. The molecule has 0 heterocycles. The fourth-order valence-corrected chi connectivity index (χ4v) is 3.66. The quantitative estimate of drug-likeness (QED) is 0.248. The molecule has 0 aromatic heterocycles. The lowest BCUT2D eigenvalue weighted by atomic mass is 9.84. The lowest BCUT2D eigenvalue weighted by Crippen LogP contribution is -2.20. The Bertz CT molecular complexity index is 862. The number of ketones is 2. The normalized spacial score (nSPS) is 16.5. The Balaban J connectivity index is 2.48. The van der Waals surface area contributed by atoms with E-state index in [9.17, 15) is 9.59 Å². The van der Waals surface area contributed by atoms with Crippen LogP contribution in [0.15, 0.2) is 68.9 Å². The average molecular weight is 423 g/mol. The van der Waals surface area contributed by atoms with Crippen LogP contribution in [0.25, 0.3) is 0 Å². The molecule has 0 N–H and O–H groups in total. The molecule has 0 aromatic carbocycles. The largest absolute Gasteiger partial charge is 0.289 e. The lowest BCUT2D eigenvalue weighted by molar-refractivity contribution is -0.116. The van der Waals surface area contributed by atoms with Gasteiger partial charge in [-0.1, -0.05) is 46.6 Å². The molecule has 0 saturated heterocycles. The van der Waals surface area contributed by atoms with Crippen LogP contribution in [-0.4, -0.2) is 11.6 Å². The highest BCUT2D eigenvalue weighted by Gasteiger charge is 2.26. The van der Waals surface area contributed by atoms with Gasteiger partial charge in [-0.3, -0.25) is 9.59 Å². The summed E-state index contributed by atoms with van der Waals surface area (Å²) in [6, 6.07) is 0. The van der Waals surface area contributed by atoms with Crippen molar-refractivity contribution in [3.05, 3.63) is 68.9 Å². The van der Waals surface area contributed by atoms with Crippen LogP contribution < -0.4 is 0 Å². The predicted molar refractivity (Wildman–Crippen MR) is 134 cm³/mol. The fraction of sp³-hybridized carbons (Fsp3) is 0.517. The minimum Gasteiger partial charge on any atom is -0.289 e. The van der Waals surface area contributed by atoms with Crippen molar-refractivity contribution >= 4 is 11.6 Å². The van der Waals surface area contributed by atoms with Crippen LogP contribution in [0.3, 0.4) is 0 Å². The summed E-state index contributed by atoms with van der Waals surface area (Å²) in [5, 5.41) is 0. The number of carbonyl (C=O) groups excluding carboxylic acids is 2. The highest BCUT2D eigenvalue weighted by molar-refractivity contribution is 6.24. The molecular formula is C29H42O2. The Labute approximate surface area is 190 Å². The number of Topliss-reactive ketones (excluding diaryl/α,β-unsaturated/α-hetero) is 2. The first-order valence-electron chi connectivity index (χ1n) is 11.6. The number of carbonyl (C=O) groups is 2. The maximum absolute atomic E-state index is 12.5.